The Morgan fingerprint density at radius 1 is 1.27 bits per heavy atom. The van der Waals surface area contributed by atoms with Crippen LogP contribution in [0.4, 0.5) is 0 Å². The zero-order chi connectivity index (χ0) is 17.9. The summed E-state index contributed by atoms with van der Waals surface area (Å²) in [7, 11) is 2.08. The molecule has 3 heterocycles. The molecule has 1 amide bonds. The third-order valence-electron chi connectivity index (χ3n) is 4.44. The highest BCUT2D eigenvalue weighted by atomic mass is 16.3. The second kappa shape index (κ2) is 7.13. The SMILES string of the molecule is CN1CCCn2nc(C(=O)NCc3coc(-c4ccccc4)n3)cc2C1. The minimum atomic E-state index is -0.197. The largest absolute Gasteiger partial charge is 0.444 e. The Bertz CT molecular complexity index is 900. The summed E-state index contributed by atoms with van der Waals surface area (Å²) in [6.45, 7) is 3.00. The lowest BCUT2D eigenvalue weighted by Crippen LogP contribution is -2.23. The van der Waals surface area contributed by atoms with Crippen LogP contribution in [0.15, 0.2) is 47.1 Å². The quantitative estimate of drug-likeness (QED) is 0.780. The van der Waals surface area contributed by atoms with Crippen LogP contribution < -0.4 is 5.32 Å². The third kappa shape index (κ3) is 3.52. The number of hydrogen-bond donors (Lipinski definition) is 1. The van der Waals surface area contributed by atoms with Crippen LogP contribution in [0.25, 0.3) is 11.5 Å². The van der Waals surface area contributed by atoms with Gasteiger partial charge in [0.2, 0.25) is 5.89 Å². The molecule has 3 aromatic rings. The summed E-state index contributed by atoms with van der Waals surface area (Å²) in [5.41, 5.74) is 3.11. The van der Waals surface area contributed by atoms with Crippen molar-refractivity contribution in [3.63, 3.8) is 0 Å². The van der Waals surface area contributed by atoms with Gasteiger partial charge < -0.3 is 14.6 Å². The van der Waals surface area contributed by atoms with Gasteiger partial charge in [0.15, 0.2) is 5.69 Å². The molecule has 0 atom stereocenters. The lowest BCUT2D eigenvalue weighted by Gasteiger charge is -2.10. The molecule has 2 aromatic heterocycles. The van der Waals surface area contributed by atoms with Gasteiger partial charge in [-0.15, -0.1) is 0 Å². The molecule has 0 radical (unpaired) electrons. The van der Waals surface area contributed by atoms with Gasteiger partial charge in [0.1, 0.15) is 6.26 Å². The monoisotopic (exact) mass is 351 g/mol. The highest BCUT2D eigenvalue weighted by Gasteiger charge is 2.18. The molecule has 0 fully saturated rings. The van der Waals surface area contributed by atoms with Gasteiger partial charge in [-0.3, -0.25) is 9.48 Å². The van der Waals surface area contributed by atoms with Crippen molar-refractivity contribution in [1.82, 2.24) is 25.0 Å². The van der Waals surface area contributed by atoms with E-state index in [9.17, 15) is 4.79 Å². The lowest BCUT2D eigenvalue weighted by molar-refractivity contribution is 0.0944. The highest BCUT2D eigenvalue weighted by Crippen LogP contribution is 2.18. The van der Waals surface area contributed by atoms with Gasteiger partial charge in [0, 0.05) is 25.2 Å². The maximum absolute atomic E-state index is 12.4. The second-order valence-corrected chi connectivity index (χ2v) is 6.53. The molecule has 0 saturated heterocycles. The number of fused-ring (bicyclic) bond motifs is 1. The van der Waals surface area contributed by atoms with E-state index in [0.29, 0.717) is 23.8 Å². The van der Waals surface area contributed by atoms with Crippen molar-refractivity contribution in [3.8, 4) is 11.5 Å². The predicted molar refractivity (Wildman–Crippen MR) is 96.3 cm³/mol. The van der Waals surface area contributed by atoms with Crippen LogP contribution in [0.5, 0.6) is 0 Å². The molecule has 134 valence electrons. The molecular formula is C19H21N5O2. The van der Waals surface area contributed by atoms with Crippen molar-refractivity contribution >= 4 is 5.91 Å². The van der Waals surface area contributed by atoms with E-state index in [-0.39, 0.29) is 5.91 Å². The van der Waals surface area contributed by atoms with Crippen LogP contribution in [0.3, 0.4) is 0 Å². The molecule has 0 saturated carbocycles. The molecular weight excluding hydrogens is 330 g/mol. The van der Waals surface area contributed by atoms with E-state index in [2.05, 4.69) is 27.3 Å². The average molecular weight is 351 g/mol. The smallest absolute Gasteiger partial charge is 0.272 e. The Kier molecular flexibility index (Phi) is 4.53. The van der Waals surface area contributed by atoms with E-state index in [1.165, 1.54) is 0 Å². The van der Waals surface area contributed by atoms with Gasteiger partial charge in [0.25, 0.3) is 5.91 Å². The molecule has 1 aliphatic heterocycles. The molecule has 0 unspecified atom stereocenters. The zero-order valence-electron chi connectivity index (χ0n) is 14.7. The van der Waals surface area contributed by atoms with Crippen LogP contribution in [-0.2, 0) is 19.6 Å². The summed E-state index contributed by atoms with van der Waals surface area (Å²) in [5.74, 6) is 0.351. The molecule has 4 rings (SSSR count). The van der Waals surface area contributed by atoms with E-state index < -0.39 is 0 Å². The second-order valence-electron chi connectivity index (χ2n) is 6.53. The summed E-state index contributed by atoms with van der Waals surface area (Å²) < 4.78 is 7.43. The summed E-state index contributed by atoms with van der Waals surface area (Å²) in [6, 6.07) is 11.5. The Hall–Kier alpha value is -2.93. The number of benzene rings is 1. The summed E-state index contributed by atoms with van der Waals surface area (Å²) >= 11 is 0. The predicted octanol–water partition coefficient (Wildman–Crippen LogP) is 2.30. The maximum atomic E-state index is 12.4. The molecule has 7 heteroatoms. The first-order valence-corrected chi connectivity index (χ1v) is 8.72. The van der Waals surface area contributed by atoms with Gasteiger partial charge in [-0.2, -0.15) is 5.10 Å². The molecule has 0 aliphatic carbocycles. The van der Waals surface area contributed by atoms with E-state index in [1.54, 1.807) is 6.26 Å². The number of nitrogens with one attached hydrogen (secondary N) is 1. The number of nitrogens with zero attached hydrogens (tertiary/aromatic N) is 4. The fourth-order valence-electron chi connectivity index (χ4n) is 3.10. The lowest BCUT2D eigenvalue weighted by atomic mass is 10.2. The fourth-order valence-corrected chi connectivity index (χ4v) is 3.10. The standard InChI is InChI=1S/C19H21N5O2/c1-23-8-5-9-24-16(12-23)10-17(22-24)18(25)20-11-15-13-26-19(21-15)14-6-3-2-4-7-14/h2-4,6-7,10,13H,5,8-9,11-12H2,1H3,(H,20,25). The minimum absolute atomic E-state index is 0.197. The van der Waals surface area contributed by atoms with Crippen molar-refractivity contribution in [2.45, 2.75) is 26.1 Å². The van der Waals surface area contributed by atoms with Crippen molar-refractivity contribution in [1.29, 1.82) is 0 Å². The maximum Gasteiger partial charge on any atom is 0.272 e. The minimum Gasteiger partial charge on any atom is -0.444 e. The number of aryl methyl sites for hydroxylation is 1. The number of carbonyl (C=O) groups is 1. The first kappa shape index (κ1) is 16.5. The summed E-state index contributed by atoms with van der Waals surface area (Å²) in [4.78, 5) is 19.1. The molecule has 0 spiro atoms. The third-order valence-corrected chi connectivity index (χ3v) is 4.44. The van der Waals surface area contributed by atoms with Crippen LogP contribution >= 0.6 is 0 Å². The molecule has 7 nitrogen and oxygen atoms in total. The van der Waals surface area contributed by atoms with Crippen LogP contribution in [0.1, 0.15) is 28.3 Å². The van der Waals surface area contributed by atoms with Crippen LogP contribution in [0.2, 0.25) is 0 Å². The van der Waals surface area contributed by atoms with Gasteiger partial charge in [-0.1, -0.05) is 18.2 Å². The van der Waals surface area contributed by atoms with E-state index >= 15 is 0 Å². The number of hydrogen-bond acceptors (Lipinski definition) is 5. The van der Waals surface area contributed by atoms with E-state index in [4.69, 9.17) is 4.42 Å². The van der Waals surface area contributed by atoms with Gasteiger partial charge in [-0.25, -0.2) is 4.98 Å². The Morgan fingerprint density at radius 2 is 2.12 bits per heavy atom. The van der Waals surface area contributed by atoms with Gasteiger partial charge in [-0.05, 0) is 31.7 Å². The first-order valence-electron chi connectivity index (χ1n) is 8.72. The number of aromatic nitrogens is 3. The van der Waals surface area contributed by atoms with E-state index in [1.807, 2.05) is 41.1 Å². The van der Waals surface area contributed by atoms with Crippen LogP contribution in [-0.4, -0.2) is 39.2 Å². The zero-order valence-corrected chi connectivity index (χ0v) is 14.7. The highest BCUT2D eigenvalue weighted by molar-refractivity contribution is 5.92. The summed E-state index contributed by atoms with van der Waals surface area (Å²) in [5, 5.41) is 7.31. The molecule has 0 bridgehead atoms. The van der Waals surface area contributed by atoms with Gasteiger partial charge in [0.05, 0.1) is 17.9 Å². The van der Waals surface area contributed by atoms with Gasteiger partial charge >= 0.3 is 0 Å². The summed E-state index contributed by atoms with van der Waals surface area (Å²) in [6.07, 6.45) is 2.60. The fraction of sp³-hybridized carbons (Fsp3) is 0.316. The Balaban J connectivity index is 1.40. The normalized spacial score (nSPS) is 14.7. The van der Waals surface area contributed by atoms with Crippen LogP contribution in [0, 0.1) is 0 Å². The number of rotatable bonds is 4. The van der Waals surface area contributed by atoms with Crippen molar-refractivity contribution in [2.75, 3.05) is 13.6 Å². The molecule has 1 aromatic carbocycles. The molecule has 1 aliphatic rings. The van der Waals surface area contributed by atoms with Crippen molar-refractivity contribution in [3.05, 3.63) is 59.7 Å². The molecule has 26 heavy (non-hydrogen) atoms. The topological polar surface area (TPSA) is 76.2 Å². The average Bonchev–Trinajstić information content (AvgIpc) is 3.24. The molecule has 1 N–H and O–H groups in total. The van der Waals surface area contributed by atoms with E-state index in [0.717, 1.165) is 37.3 Å². The number of amides is 1. The van der Waals surface area contributed by atoms with Crippen molar-refractivity contribution < 1.29 is 9.21 Å². The van der Waals surface area contributed by atoms with Crippen molar-refractivity contribution in [2.24, 2.45) is 0 Å². The Labute approximate surface area is 151 Å². The number of oxazole rings is 1. The number of carbonyl (C=O) groups excluding carboxylic acids is 1. The Morgan fingerprint density at radius 3 is 2.96 bits per heavy atom. The first-order chi connectivity index (χ1) is 12.7.